The molecule has 1 heterocycles. The van der Waals surface area contributed by atoms with Crippen molar-refractivity contribution < 1.29 is 8.84 Å². The molecule has 2 N–H and O–H groups in total. The molecule has 142 valence electrons. The van der Waals surface area contributed by atoms with E-state index in [1.54, 1.807) is 6.92 Å². The first-order valence-corrected chi connectivity index (χ1v) is 11.1. The zero-order chi connectivity index (χ0) is 19.5. The molecule has 1 aromatic heterocycles. The highest BCUT2D eigenvalue weighted by atomic mass is 28.4. The summed E-state index contributed by atoms with van der Waals surface area (Å²) in [4.78, 5) is 0. The molecule has 0 aliphatic rings. The van der Waals surface area contributed by atoms with Crippen molar-refractivity contribution in [1.29, 1.82) is 0 Å². The van der Waals surface area contributed by atoms with Crippen molar-refractivity contribution >= 4 is 18.7 Å². The maximum Gasteiger partial charge on any atom is 0.261 e. The molecule has 1 unspecified atom stereocenters. The summed E-state index contributed by atoms with van der Waals surface area (Å²) in [6.45, 7) is 8.78. The van der Waals surface area contributed by atoms with Crippen LogP contribution in [0.4, 0.5) is 0 Å². The summed E-state index contributed by atoms with van der Waals surface area (Å²) >= 11 is 0. The lowest BCUT2D eigenvalue weighted by molar-refractivity contribution is 0.253. The van der Waals surface area contributed by atoms with Crippen molar-refractivity contribution in [3.63, 3.8) is 0 Å². The fourth-order valence-corrected chi connectivity index (χ4v) is 8.09. The van der Waals surface area contributed by atoms with Crippen LogP contribution >= 0.6 is 0 Å². The van der Waals surface area contributed by atoms with Gasteiger partial charge in [0, 0.05) is 6.92 Å². The van der Waals surface area contributed by atoms with Crippen molar-refractivity contribution in [3.05, 3.63) is 72.4 Å². The zero-order valence-electron chi connectivity index (χ0n) is 16.3. The molecule has 0 spiro atoms. The molecule has 0 fully saturated rings. The first kappa shape index (κ1) is 19.5. The van der Waals surface area contributed by atoms with E-state index in [2.05, 4.69) is 79.5 Å². The smallest absolute Gasteiger partial charge is 0.261 e. The van der Waals surface area contributed by atoms with Gasteiger partial charge >= 0.3 is 0 Å². The van der Waals surface area contributed by atoms with Gasteiger partial charge in [-0.3, -0.25) is 0 Å². The van der Waals surface area contributed by atoms with Crippen LogP contribution in [0.15, 0.2) is 65.1 Å². The number of aromatic nitrogens is 2. The second kappa shape index (κ2) is 7.76. The standard InChI is InChI=1S/C21H27N3O2Si/c1-16-23-24-20(26-16)19(22)15-25-27(21(2,3)4,17-11-7-5-8-12-17)18-13-9-6-10-14-18/h5-14,19H,15,22H2,1-4H3. The lowest BCUT2D eigenvalue weighted by Gasteiger charge is -2.43. The predicted octanol–water partition coefficient (Wildman–Crippen LogP) is 2.95. The molecule has 0 aliphatic heterocycles. The van der Waals surface area contributed by atoms with E-state index in [0.717, 1.165) is 0 Å². The Kier molecular flexibility index (Phi) is 5.60. The molecule has 6 heteroatoms. The Balaban J connectivity index is 2.04. The number of hydrogen-bond donors (Lipinski definition) is 1. The summed E-state index contributed by atoms with van der Waals surface area (Å²) < 4.78 is 12.3. The van der Waals surface area contributed by atoms with E-state index in [4.69, 9.17) is 14.6 Å². The number of hydrogen-bond acceptors (Lipinski definition) is 5. The molecule has 0 saturated carbocycles. The summed E-state index contributed by atoms with van der Waals surface area (Å²) in [7, 11) is -2.61. The maximum atomic E-state index is 6.78. The molecule has 27 heavy (non-hydrogen) atoms. The van der Waals surface area contributed by atoms with Gasteiger partial charge in [-0.15, -0.1) is 10.2 Å². The molecule has 5 nitrogen and oxygen atoms in total. The van der Waals surface area contributed by atoms with Gasteiger partial charge in [-0.05, 0) is 15.4 Å². The minimum Gasteiger partial charge on any atom is -0.424 e. The Morgan fingerprint density at radius 3 is 1.89 bits per heavy atom. The lowest BCUT2D eigenvalue weighted by Crippen LogP contribution is -2.67. The largest absolute Gasteiger partial charge is 0.424 e. The fraction of sp³-hybridized carbons (Fsp3) is 0.333. The fourth-order valence-electron chi connectivity index (χ4n) is 3.51. The molecule has 3 rings (SSSR count). The molecule has 0 saturated heterocycles. The molecule has 0 aliphatic carbocycles. The molecule has 3 aromatic rings. The van der Waals surface area contributed by atoms with Gasteiger partial charge < -0.3 is 14.6 Å². The van der Waals surface area contributed by atoms with E-state index in [1.165, 1.54) is 10.4 Å². The van der Waals surface area contributed by atoms with Gasteiger partial charge in [0.05, 0.1) is 6.61 Å². The van der Waals surface area contributed by atoms with E-state index in [-0.39, 0.29) is 5.04 Å². The third-order valence-corrected chi connectivity index (χ3v) is 9.76. The average molecular weight is 382 g/mol. The summed E-state index contributed by atoms with van der Waals surface area (Å²) in [5.41, 5.74) is 6.32. The summed E-state index contributed by atoms with van der Waals surface area (Å²) in [5, 5.41) is 10.3. The van der Waals surface area contributed by atoms with Crippen molar-refractivity contribution in [2.75, 3.05) is 6.61 Å². The Bertz CT molecular complexity index is 820. The van der Waals surface area contributed by atoms with Crippen LogP contribution in [0.5, 0.6) is 0 Å². The Labute approximate surface area is 161 Å². The van der Waals surface area contributed by atoms with E-state index in [9.17, 15) is 0 Å². The van der Waals surface area contributed by atoms with Crippen LogP contribution in [0.25, 0.3) is 0 Å². The Morgan fingerprint density at radius 1 is 0.963 bits per heavy atom. The van der Waals surface area contributed by atoms with E-state index < -0.39 is 14.4 Å². The molecular weight excluding hydrogens is 354 g/mol. The predicted molar refractivity (Wildman–Crippen MR) is 110 cm³/mol. The van der Waals surface area contributed by atoms with Crippen molar-refractivity contribution in [2.45, 2.75) is 38.8 Å². The Morgan fingerprint density at radius 2 is 1.48 bits per heavy atom. The highest BCUT2D eigenvalue weighted by Crippen LogP contribution is 2.37. The van der Waals surface area contributed by atoms with Crippen molar-refractivity contribution in [3.8, 4) is 0 Å². The lowest BCUT2D eigenvalue weighted by atomic mass is 10.2. The number of aryl methyl sites for hydroxylation is 1. The van der Waals surface area contributed by atoms with Crippen LogP contribution in [0, 0.1) is 6.92 Å². The van der Waals surface area contributed by atoms with Crippen LogP contribution < -0.4 is 16.1 Å². The van der Waals surface area contributed by atoms with Crippen LogP contribution in [-0.2, 0) is 4.43 Å². The number of nitrogens with zero attached hydrogens (tertiary/aromatic N) is 2. The average Bonchev–Trinajstić information content (AvgIpc) is 3.09. The highest BCUT2D eigenvalue weighted by Gasteiger charge is 2.50. The topological polar surface area (TPSA) is 74.2 Å². The molecule has 2 aromatic carbocycles. The number of rotatable bonds is 6. The number of nitrogens with two attached hydrogens (primary N) is 1. The van der Waals surface area contributed by atoms with Crippen LogP contribution in [-0.4, -0.2) is 25.1 Å². The SMILES string of the molecule is Cc1nnc(C(N)CO[Si](c2ccccc2)(c2ccccc2)C(C)(C)C)o1. The van der Waals surface area contributed by atoms with Gasteiger partial charge in [-0.2, -0.15) is 0 Å². The van der Waals surface area contributed by atoms with Gasteiger partial charge in [0.15, 0.2) is 0 Å². The van der Waals surface area contributed by atoms with Gasteiger partial charge in [-0.25, -0.2) is 0 Å². The maximum absolute atomic E-state index is 6.78. The molecule has 1 atom stereocenters. The summed E-state index contributed by atoms with van der Waals surface area (Å²) in [6.07, 6.45) is 0. The van der Waals surface area contributed by atoms with Crippen molar-refractivity contribution in [1.82, 2.24) is 10.2 Å². The molecule has 0 bridgehead atoms. The third-order valence-electron chi connectivity index (χ3n) is 4.76. The summed E-state index contributed by atoms with van der Waals surface area (Å²) in [6, 6.07) is 20.5. The minimum atomic E-state index is -2.61. The highest BCUT2D eigenvalue weighted by molar-refractivity contribution is 6.99. The second-order valence-corrected chi connectivity index (χ2v) is 12.0. The zero-order valence-corrected chi connectivity index (χ0v) is 17.3. The van der Waals surface area contributed by atoms with Gasteiger partial charge in [0.1, 0.15) is 6.04 Å². The minimum absolute atomic E-state index is 0.0970. The Hall–Kier alpha value is -2.28. The second-order valence-electron chi connectivity index (χ2n) is 7.74. The third kappa shape index (κ3) is 3.88. The molecule has 0 radical (unpaired) electrons. The van der Waals surface area contributed by atoms with E-state index >= 15 is 0 Å². The van der Waals surface area contributed by atoms with Gasteiger partial charge in [0.2, 0.25) is 11.8 Å². The number of benzene rings is 2. The van der Waals surface area contributed by atoms with Crippen LogP contribution in [0.2, 0.25) is 5.04 Å². The molecule has 0 amide bonds. The van der Waals surface area contributed by atoms with Crippen molar-refractivity contribution in [2.24, 2.45) is 5.73 Å². The molecular formula is C21H27N3O2Si. The quantitative estimate of drug-likeness (QED) is 0.665. The summed E-state index contributed by atoms with van der Waals surface area (Å²) in [5.74, 6) is 0.913. The first-order chi connectivity index (χ1) is 12.8. The van der Waals surface area contributed by atoms with E-state index in [1.807, 2.05) is 12.1 Å². The van der Waals surface area contributed by atoms with Crippen LogP contribution in [0.3, 0.4) is 0 Å². The van der Waals surface area contributed by atoms with Crippen LogP contribution in [0.1, 0.15) is 38.6 Å². The van der Waals surface area contributed by atoms with Gasteiger partial charge in [0.25, 0.3) is 8.32 Å². The monoisotopic (exact) mass is 381 g/mol. The van der Waals surface area contributed by atoms with Gasteiger partial charge in [-0.1, -0.05) is 81.4 Å². The first-order valence-electron chi connectivity index (χ1n) is 9.15. The normalized spacial score (nSPS) is 13.5. The van der Waals surface area contributed by atoms with E-state index in [0.29, 0.717) is 18.4 Å².